The number of aliphatic hydroxyl groups is 1. The largest absolute Gasteiger partial charge is 0.394 e. The molecule has 4 rings (SSSR count). The third-order valence-electron chi connectivity index (χ3n) is 8.60. The lowest BCUT2D eigenvalue weighted by Crippen LogP contribution is -2.48. The number of anilines is 2. The van der Waals surface area contributed by atoms with Crippen LogP contribution in [0.1, 0.15) is 49.3 Å². The Kier molecular flexibility index (Phi) is 15.5. The smallest absolute Gasteiger partial charge is 0.248 e. The molecule has 1 saturated heterocycles. The van der Waals surface area contributed by atoms with Crippen molar-refractivity contribution in [1.29, 1.82) is 0 Å². The Morgan fingerprint density at radius 1 is 1.04 bits per heavy atom. The SMILES string of the molecule is CCCC[C@@H](CO)Nc1nc(N)nc2ccn(Cc3cc(CN4CCN(C(=O)CCOCCOCCNC(=O)CON)CC4)ccc3C)c12. The summed E-state index contributed by atoms with van der Waals surface area (Å²) in [5.74, 6) is 5.48. The molecular weight excluding hydrogens is 630 g/mol. The number of nitrogens with two attached hydrogens (primary N) is 2. The van der Waals surface area contributed by atoms with Gasteiger partial charge >= 0.3 is 0 Å². The van der Waals surface area contributed by atoms with Gasteiger partial charge in [0.15, 0.2) is 5.82 Å². The maximum absolute atomic E-state index is 12.7. The molecule has 49 heavy (non-hydrogen) atoms. The maximum Gasteiger partial charge on any atom is 0.248 e. The average Bonchev–Trinajstić information content (AvgIpc) is 3.49. The summed E-state index contributed by atoms with van der Waals surface area (Å²) in [6, 6.07) is 8.44. The molecule has 270 valence electrons. The molecule has 7 N–H and O–H groups in total. The van der Waals surface area contributed by atoms with Crippen LogP contribution in [0.2, 0.25) is 0 Å². The number of nitrogens with zero attached hydrogens (tertiary/aromatic N) is 5. The number of hydrogen-bond donors (Lipinski definition) is 5. The summed E-state index contributed by atoms with van der Waals surface area (Å²) in [6.07, 6.45) is 5.24. The summed E-state index contributed by atoms with van der Waals surface area (Å²) < 4.78 is 13.1. The lowest BCUT2D eigenvalue weighted by molar-refractivity contribution is -0.134. The molecule has 0 unspecified atom stereocenters. The van der Waals surface area contributed by atoms with Crippen molar-refractivity contribution in [3.8, 4) is 0 Å². The van der Waals surface area contributed by atoms with E-state index in [-0.39, 0.29) is 37.0 Å². The van der Waals surface area contributed by atoms with Crippen molar-refractivity contribution in [2.75, 3.05) is 83.4 Å². The Hall–Kier alpha value is -3.86. The Morgan fingerprint density at radius 2 is 1.82 bits per heavy atom. The number of amides is 2. The predicted octanol–water partition coefficient (Wildman–Crippen LogP) is 1.41. The van der Waals surface area contributed by atoms with Gasteiger partial charge in [0.25, 0.3) is 0 Å². The van der Waals surface area contributed by atoms with Crippen molar-refractivity contribution in [1.82, 2.24) is 29.7 Å². The lowest BCUT2D eigenvalue weighted by atomic mass is 10.0. The molecule has 15 nitrogen and oxygen atoms in total. The fourth-order valence-electron chi connectivity index (χ4n) is 5.83. The minimum atomic E-state index is -0.300. The summed E-state index contributed by atoms with van der Waals surface area (Å²) in [6.45, 7) is 10.3. The number of rotatable bonds is 21. The molecule has 2 aromatic heterocycles. The summed E-state index contributed by atoms with van der Waals surface area (Å²) in [4.78, 5) is 41.5. The van der Waals surface area contributed by atoms with Crippen LogP contribution in [0.5, 0.6) is 0 Å². The first-order valence-corrected chi connectivity index (χ1v) is 17.1. The monoisotopic (exact) mass is 683 g/mol. The highest BCUT2D eigenvalue weighted by Crippen LogP contribution is 2.26. The summed E-state index contributed by atoms with van der Waals surface area (Å²) in [5.41, 5.74) is 11.3. The van der Waals surface area contributed by atoms with Crippen molar-refractivity contribution in [3.63, 3.8) is 0 Å². The van der Waals surface area contributed by atoms with Gasteiger partial charge in [0.2, 0.25) is 17.8 Å². The van der Waals surface area contributed by atoms with E-state index in [0.717, 1.165) is 49.9 Å². The van der Waals surface area contributed by atoms with Crippen molar-refractivity contribution < 1.29 is 29.0 Å². The second-order valence-electron chi connectivity index (χ2n) is 12.3. The highest BCUT2D eigenvalue weighted by Gasteiger charge is 2.21. The molecule has 1 aromatic carbocycles. The number of aromatic nitrogens is 3. The van der Waals surface area contributed by atoms with E-state index in [4.69, 9.17) is 21.1 Å². The van der Waals surface area contributed by atoms with E-state index in [0.29, 0.717) is 64.8 Å². The van der Waals surface area contributed by atoms with Gasteiger partial charge in [0.1, 0.15) is 12.1 Å². The van der Waals surface area contributed by atoms with Crippen molar-refractivity contribution in [2.45, 2.75) is 58.7 Å². The number of aliphatic hydroxyl groups excluding tert-OH is 1. The molecule has 0 radical (unpaired) electrons. The molecular formula is C34H53N9O6. The van der Waals surface area contributed by atoms with Crippen molar-refractivity contribution in [3.05, 3.63) is 47.2 Å². The van der Waals surface area contributed by atoms with E-state index in [2.05, 4.69) is 67.0 Å². The van der Waals surface area contributed by atoms with E-state index < -0.39 is 0 Å². The predicted molar refractivity (Wildman–Crippen MR) is 188 cm³/mol. The van der Waals surface area contributed by atoms with Crippen LogP contribution in [0, 0.1) is 6.92 Å². The number of benzene rings is 1. The Morgan fingerprint density at radius 3 is 2.55 bits per heavy atom. The highest BCUT2D eigenvalue weighted by molar-refractivity contribution is 5.87. The van der Waals surface area contributed by atoms with Crippen LogP contribution < -0.4 is 22.3 Å². The van der Waals surface area contributed by atoms with E-state index >= 15 is 0 Å². The van der Waals surface area contributed by atoms with Crippen LogP contribution in [-0.4, -0.2) is 120 Å². The van der Waals surface area contributed by atoms with Gasteiger partial charge in [-0.05, 0) is 36.1 Å². The number of hydrogen-bond acceptors (Lipinski definition) is 12. The number of fused-ring (bicyclic) bond motifs is 1. The third kappa shape index (κ3) is 11.9. The van der Waals surface area contributed by atoms with Crippen LogP contribution >= 0.6 is 0 Å². The average molecular weight is 684 g/mol. The van der Waals surface area contributed by atoms with E-state index in [1.54, 1.807) is 0 Å². The first kappa shape index (κ1) is 38.0. The number of nitrogen functional groups attached to an aromatic ring is 1. The molecule has 3 aromatic rings. The molecule has 1 aliphatic rings. The number of carbonyl (C=O) groups excluding carboxylic acids is 2. The van der Waals surface area contributed by atoms with Gasteiger partial charge in [0, 0.05) is 52.0 Å². The zero-order valence-electron chi connectivity index (χ0n) is 28.9. The zero-order valence-corrected chi connectivity index (χ0v) is 28.9. The van der Waals surface area contributed by atoms with Gasteiger partial charge in [-0.3, -0.25) is 19.3 Å². The Labute approximate surface area is 288 Å². The molecule has 15 heteroatoms. The first-order chi connectivity index (χ1) is 23.8. The second-order valence-corrected chi connectivity index (χ2v) is 12.3. The lowest BCUT2D eigenvalue weighted by Gasteiger charge is -2.35. The second kappa shape index (κ2) is 20.0. The Bertz CT molecular complexity index is 1480. The van der Waals surface area contributed by atoms with Gasteiger partial charge in [-0.1, -0.05) is 38.0 Å². The quantitative estimate of drug-likeness (QED) is 0.0802. The summed E-state index contributed by atoms with van der Waals surface area (Å²) in [5, 5.41) is 16.0. The summed E-state index contributed by atoms with van der Waals surface area (Å²) in [7, 11) is 0. The van der Waals surface area contributed by atoms with Crippen LogP contribution in [0.3, 0.4) is 0 Å². The van der Waals surface area contributed by atoms with E-state index in [1.807, 2.05) is 17.2 Å². The molecule has 0 aliphatic carbocycles. The van der Waals surface area contributed by atoms with Crippen molar-refractivity contribution in [2.24, 2.45) is 5.90 Å². The standard InChI is InChI=1S/C34H53N9O6/c1-3-4-5-28(23-44)38-33-32-29(39-34(35)40-33)8-11-43(32)22-27-20-26(7-6-25(27)2)21-41-12-14-42(15-13-41)31(46)9-16-47-18-19-48-17-10-37-30(45)24-49-36/h6-8,11,20,28,44H,3-5,9-10,12-19,21-24,36H2,1-2H3,(H,37,45)(H3,35,38,39,40)/t28-/m0/s1. The molecule has 0 bridgehead atoms. The highest BCUT2D eigenvalue weighted by atomic mass is 16.6. The topological polar surface area (TPSA) is 195 Å². The minimum Gasteiger partial charge on any atom is -0.394 e. The summed E-state index contributed by atoms with van der Waals surface area (Å²) >= 11 is 0. The Balaban J connectivity index is 1.23. The molecule has 1 fully saturated rings. The normalized spacial score (nSPS) is 14.3. The number of piperazine rings is 1. The molecule has 1 atom stereocenters. The van der Waals surface area contributed by atoms with Gasteiger partial charge in [0.05, 0.1) is 51.0 Å². The van der Waals surface area contributed by atoms with Crippen molar-refractivity contribution >= 4 is 34.6 Å². The maximum atomic E-state index is 12.7. The third-order valence-corrected chi connectivity index (χ3v) is 8.60. The molecule has 2 amide bonds. The number of aryl methyl sites for hydroxylation is 1. The zero-order chi connectivity index (χ0) is 35.0. The fourth-order valence-corrected chi connectivity index (χ4v) is 5.83. The van der Waals surface area contributed by atoms with E-state index in [1.165, 1.54) is 16.7 Å². The molecule has 1 aliphatic heterocycles. The van der Waals surface area contributed by atoms with Crippen LogP contribution in [0.25, 0.3) is 11.0 Å². The van der Waals surface area contributed by atoms with E-state index in [9.17, 15) is 14.7 Å². The van der Waals surface area contributed by atoms with Gasteiger partial charge < -0.3 is 40.4 Å². The fraction of sp³-hybridized carbons (Fsp3) is 0.588. The van der Waals surface area contributed by atoms with Gasteiger partial charge in [-0.25, -0.2) is 10.9 Å². The van der Waals surface area contributed by atoms with Crippen LogP contribution in [-0.2, 0) is 37.0 Å². The molecule has 0 saturated carbocycles. The number of carbonyl (C=O) groups is 2. The van der Waals surface area contributed by atoms with Gasteiger partial charge in [-0.2, -0.15) is 4.98 Å². The number of ether oxygens (including phenoxy) is 2. The molecule has 0 spiro atoms. The first-order valence-electron chi connectivity index (χ1n) is 17.1. The number of unbranched alkanes of at least 4 members (excludes halogenated alkanes) is 1. The molecule has 3 heterocycles. The van der Waals surface area contributed by atoms with Crippen LogP contribution in [0.15, 0.2) is 30.5 Å². The number of nitrogens with one attached hydrogen (secondary N) is 2. The minimum absolute atomic E-state index is 0.0128. The van der Waals surface area contributed by atoms with Crippen LogP contribution in [0.4, 0.5) is 11.8 Å². The van der Waals surface area contributed by atoms with Gasteiger partial charge in [-0.15, -0.1) is 0 Å².